The Bertz CT molecular complexity index is 635. The summed E-state index contributed by atoms with van der Waals surface area (Å²) < 4.78 is 1.35. The van der Waals surface area contributed by atoms with Crippen molar-refractivity contribution < 1.29 is 5.11 Å². The molecule has 0 amide bonds. The van der Waals surface area contributed by atoms with Crippen LogP contribution in [0.1, 0.15) is 5.56 Å². The third-order valence-electron chi connectivity index (χ3n) is 2.39. The van der Waals surface area contributed by atoms with Crippen LogP contribution in [0.15, 0.2) is 29.1 Å². The van der Waals surface area contributed by atoms with Gasteiger partial charge in [0.05, 0.1) is 5.52 Å². The number of nitriles is 1. The normalized spacial score (nSPS) is 10.1. The molecule has 0 radical (unpaired) electrons. The summed E-state index contributed by atoms with van der Waals surface area (Å²) in [6.07, 6.45) is 0. The van der Waals surface area contributed by atoms with Crippen LogP contribution in [0.3, 0.4) is 0 Å². The highest BCUT2D eigenvalue weighted by atomic mass is 16.3. The van der Waals surface area contributed by atoms with E-state index in [9.17, 15) is 9.90 Å². The molecule has 4 nitrogen and oxygen atoms in total. The standard InChI is InChI=1S/C11H8N2O2/c1-13-9-5-3-2-4-7(9)10(14)8(6-12)11(13)15/h2-5,14H,1H3. The molecule has 1 aromatic carbocycles. The van der Waals surface area contributed by atoms with Gasteiger partial charge in [-0.25, -0.2) is 0 Å². The van der Waals surface area contributed by atoms with Gasteiger partial charge in [-0.05, 0) is 12.1 Å². The molecule has 2 rings (SSSR count). The van der Waals surface area contributed by atoms with Crippen molar-refractivity contribution in [2.45, 2.75) is 0 Å². The quantitative estimate of drug-likeness (QED) is 0.692. The summed E-state index contributed by atoms with van der Waals surface area (Å²) in [4.78, 5) is 11.6. The minimum absolute atomic E-state index is 0.212. The molecule has 0 aliphatic rings. The second-order valence-electron chi connectivity index (χ2n) is 3.22. The minimum atomic E-state index is -0.478. The number of aromatic nitrogens is 1. The summed E-state index contributed by atoms with van der Waals surface area (Å²) in [6.45, 7) is 0. The molecule has 4 heteroatoms. The molecule has 2 aromatic rings. The van der Waals surface area contributed by atoms with Gasteiger partial charge in [-0.15, -0.1) is 0 Å². The van der Waals surface area contributed by atoms with Crippen LogP contribution < -0.4 is 5.56 Å². The maximum atomic E-state index is 11.6. The summed E-state index contributed by atoms with van der Waals surface area (Å²) in [5.74, 6) is -0.240. The smallest absolute Gasteiger partial charge is 0.272 e. The monoisotopic (exact) mass is 200 g/mol. The zero-order valence-corrected chi connectivity index (χ0v) is 8.06. The van der Waals surface area contributed by atoms with E-state index >= 15 is 0 Å². The Morgan fingerprint density at radius 1 is 1.40 bits per heavy atom. The van der Waals surface area contributed by atoms with Crippen molar-refractivity contribution in [3.05, 3.63) is 40.2 Å². The fourth-order valence-electron chi connectivity index (χ4n) is 1.58. The van der Waals surface area contributed by atoms with Gasteiger partial charge < -0.3 is 9.67 Å². The highest BCUT2D eigenvalue weighted by molar-refractivity contribution is 5.87. The largest absolute Gasteiger partial charge is 0.506 e. The first-order valence-corrected chi connectivity index (χ1v) is 4.37. The molecule has 0 atom stereocenters. The average molecular weight is 200 g/mol. The Morgan fingerprint density at radius 2 is 2.07 bits per heavy atom. The van der Waals surface area contributed by atoms with Crippen LogP contribution >= 0.6 is 0 Å². The molecule has 0 aliphatic heterocycles. The number of aromatic hydroxyl groups is 1. The number of benzene rings is 1. The van der Waals surface area contributed by atoms with Crippen molar-refractivity contribution in [2.75, 3.05) is 0 Å². The molecule has 0 saturated heterocycles. The van der Waals surface area contributed by atoms with Gasteiger partial charge in [0.15, 0.2) is 5.56 Å². The Morgan fingerprint density at radius 3 is 2.73 bits per heavy atom. The number of para-hydroxylation sites is 1. The summed E-state index contributed by atoms with van der Waals surface area (Å²) in [6, 6.07) is 8.62. The van der Waals surface area contributed by atoms with E-state index in [1.54, 1.807) is 37.4 Å². The third kappa shape index (κ3) is 1.17. The van der Waals surface area contributed by atoms with Crippen LogP contribution in [-0.4, -0.2) is 9.67 Å². The molecule has 74 valence electrons. The molecule has 1 N–H and O–H groups in total. The number of aryl methyl sites for hydroxylation is 1. The van der Waals surface area contributed by atoms with Gasteiger partial charge >= 0.3 is 0 Å². The number of hydrogen-bond acceptors (Lipinski definition) is 3. The van der Waals surface area contributed by atoms with Gasteiger partial charge in [0.2, 0.25) is 0 Å². The number of nitrogens with zero attached hydrogens (tertiary/aromatic N) is 2. The van der Waals surface area contributed by atoms with Crippen LogP contribution in [0.4, 0.5) is 0 Å². The molecule has 0 saturated carbocycles. The molecular formula is C11H8N2O2. The van der Waals surface area contributed by atoms with Gasteiger partial charge in [-0.3, -0.25) is 4.79 Å². The lowest BCUT2D eigenvalue weighted by atomic mass is 10.1. The average Bonchev–Trinajstić information content (AvgIpc) is 2.27. The zero-order valence-electron chi connectivity index (χ0n) is 8.06. The number of fused-ring (bicyclic) bond motifs is 1. The molecule has 0 fully saturated rings. The molecule has 0 unspecified atom stereocenters. The van der Waals surface area contributed by atoms with E-state index < -0.39 is 5.56 Å². The first kappa shape index (κ1) is 9.28. The molecule has 1 aromatic heterocycles. The van der Waals surface area contributed by atoms with Crippen LogP contribution in [0.2, 0.25) is 0 Å². The van der Waals surface area contributed by atoms with Crippen LogP contribution in [0.25, 0.3) is 10.9 Å². The van der Waals surface area contributed by atoms with Crippen molar-refractivity contribution >= 4 is 10.9 Å². The molecule has 0 bridgehead atoms. The lowest BCUT2D eigenvalue weighted by molar-refractivity contribution is 0.477. The van der Waals surface area contributed by atoms with Gasteiger partial charge in [0.1, 0.15) is 11.8 Å². The first-order valence-electron chi connectivity index (χ1n) is 4.37. The second kappa shape index (κ2) is 3.14. The molecule has 1 heterocycles. The van der Waals surface area contributed by atoms with Gasteiger partial charge in [0.25, 0.3) is 5.56 Å². The Balaban J connectivity index is 3.12. The fourth-order valence-corrected chi connectivity index (χ4v) is 1.58. The first-order chi connectivity index (χ1) is 7.16. The Labute approximate surface area is 85.6 Å². The predicted octanol–water partition coefficient (Wildman–Crippen LogP) is 1.12. The highest BCUT2D eigenvalue weighted by Gasteiger charge is 2.12. The minimum Gasteiger partial charge on any atom is -0.506 e. The van der Waals surface area contributed by atoms with Crippen molar-refractivity contribution in [2.24, 2.45) is 7.05 Å². The van der Waals surface area contributed by atoms with Gasteiger partial charge in [-0.2, -0.15) is 5.26 Å². The lowest BCUT2D eigenvalue weighted by Crippen LogP contribution is -2.19. The fraction of sp³-hybridized carbons (Fsp3) is 0.0909. The van der Waals surface area contributed by atoms with E-state index in [1.165, 1.54) is 4.57 Å². The predicted molar refractivity (Wildman–Crippen MR) is 55.6 cm³/mol. The number of hydrogen-bond donors (Lipinski definition) is 1. The van der Waals surface area contributed by atoms with E-state index in [0.717, 1.165) is 0 Å². The van der Waals surface area contributed by atoms with Gasteiger partial charge in [-0.1, -0.05) is 12.1 Å². The zero-order chi connectivity index (χ0) is 11.0. The van der Waals surface area contributed by atoms with E-state index in [4.69, 9.17) is 5.26 Å². The summed E-state index contributed by atoms with van der Waals surface area (Å²) >= 11 is 0. The third-order valence-corrected chi connectivity index (χ3v) is 2.39. The van der Waals surface area contributed by atoms with Crippen molar-refractivity contribution in [1.82, 2.24) is 4.57 Å². The van der Waals surface area contributed by atoms with E-state index in [2.05, 4.69) is 0 Å². The maximum absolute atomic E-state index is 11.6. The summed E-state index contributed by atoms with van der Waals surface area (Å²) in [7, 11) is 1.57. The van der Waals surface area contributed by atoms with E-state index in [0.29, 0.717) is 10.9 Å². The van der Waals surface area contributed by atoms with Gasteiger partial charge in [0, 0.05) is 12.4 Å². The van der Waals surface area contributed by atoms with Crippen LogP contribution in [0.5, 0.6) is 5.75 Å². The Kier molecular flexibility index (Phi) is 1.94. The Hall–Kier alpha value is -2.28. The topological polar surface area (TPSA) is 66.0 Å². The number of pyridine rings is 1. The SMILES string of the molecule is Cn1c(=O)c(C#N)c(O)c2ccccc21. The molecule has 0 spiro atoms. The van der Waals surface area contributed by atoms with Crippen LogP contribution in [0, 0.1) is 11.3 Å². The molecule has 15 heavy (non-hydrogen) atoms. The van der Waals surface area contributed by atoms with Crippen molar-refractivity contribution in [1.29, 1.82) is 5.26 Å². The number of rotatable bonds is 0. The lowest BCUT2D eigenvalue weighted by Gasteiger charge is -2.07. The van der Waals surface area contributed by atoms with E-state index in [1.807, 2.05) is 0 Å². The maximum Gasteiger partial charge on any atom is 0.272 e. The van der Waals surface area contributed by atoms with Crippen molar-refractivity contribution in [3.63, 3.8) is 0 Å². The molecular weight excluding hydrogens is 192 g/mol. The molecule has 0 aliphatic carbocycles. The highest BCUT2D eigenvalue weighted by Crippen LogP contribution is 2.24. The van der Waals surface area contributed by atoms with E-state index in [-0.39, 0.29) is 11.3 Å². The summed E-state index contributed by atoms with van der Waals surface area (Å²) in [5.41, 5.74) is -0.0797. The summed E-state index contributed by atoms with van der Waals surface area (Å²) in [5, 5.41) is 19.0. The second-order valence-corrected chi connectivity index (χ2v) is 3.22. The van der Waals surface area contributed by atoms with Crippen LogP contribution in [-0.2, 0) is 7.05 Å². The van der Waals surface area contributed by atoms with Crippen molar-refractivity contribution in [3.8, 4) is 11.8 Å².